The lowest BCUT2D eigenvalue weighted by molar-refractivity contribution is 0.0943. The van der Waals surface area contributed by atoms with Crippen LogP contribution >= 0.6 is 35.8 Å². The fourth-order valence-electron chi connectivity index (χ4n) is 1.36. The first-order valence-electron chi connectivity index (χ1n) is 5.83. The van der Waals surface area contributed by atoms with Gasteiger partial charge in [-0.25, -0.2) is 0 Å². The zero-order valence-electron chi connectivity index (χ0n) is 11.3. The molecule has 0 aromatic heterocycles. The van der Waals surface area contributed by atoms with Gasteiger partial charge in [0.2, 0.25) is 0 Å². The molecular formula is C13H20Cl2N2OS. The Morgan fingerprint density at radius 1 is 1.47 bits per heavy atom. The monoisotopic (exact) mass is 322 g/mol. The third-order valence-electron chi connectivity index (χ3n) is 2.19. The van der Waals surface area contributed by atoms with Crippen LogP contribution in [0.5, 0.6) is 0 Å². The van der Waals surface area contributed by atoms with Gasteiger partial charge >= 0.3 is 0 Å². The van der Waals surface area contributed by atoms with Crippen molar-refractivity contribution < 1.29 is 4.79 Å². The number of amides is 1. The fraction of sp³-hybridized carbons (Fsp3) is 0.462. The van der Waals surface area contributed by atoms with Crippen molar-refractivity contribution >= 4 is 41.7 Å². The van der Waals surface area contributed by atoms with Crippen molar-refractivity contribution in [3.05, 3.63) is 28.8 Å². The maximum absolute atomic E-state index is 12.1. The molecule has 0 bridgehead atoms. The Morgan fingerprint density at radius 2 is 2.11 bits per heavy atom. The molecule has 19 heavy (non-hydrogen) atoms. The quantitative estimate of drug-likeness (QED) is 0.817. The number of hydrogen-bond donors (Lipinski definition) is 2. The second kappa shape index (κ2) is 8.00. The van der Waals surface area contributed by atoms with E-state index >= 15 is 0 Å². The van der Waals surface area contributed by atoms with Gasteiger partial charge in [-0.2, -0.15) is 0 Å². The van der Waals surface area contributed by atoms with Crippen molar-refractivity contribution in [3.63, 3.8) is 0 Å². The summed E-state index contributed by atoms with van der Waals surface area (Å²) in [5.41, 5.74) is 6.03. The SMILES string of the molecule is CCSc1ccc(Cl)cc1C(=O)NCC(C)(C)N.Cl. The summed E-state index contributed by atoms with van der Waals surface area (Å²) >= 11 is 7.56. The fourth-order valence-corrected chi connectivity index (χ4v) is 2.32. The summed E-state index contributed by atoms with van der Waals surface area (Å²) in [4.78, 5) is 13.0. The summed E-state index contributed by atoms with van der Waals surface area (Å²) in [6.07, 6.45) is 0. The zero-order valence-corrected chi connectivity index (χ0v) is 13.7. The molecule has 0 saturated carbocycles. The summed E-state index contributed by atoms with van der Waals surface area (Å²) in [5.74, 6) is 0.775. The molecular weight excluding hydrogens is 303 g/mol. The summed E-state index contributed by atoms with van der Waals surface area (Å²) in [6.45, 7) is 6.21. The highest BCUT2D eigenvalue weighted by molar-refractivity contribution is 7.99. The van der Waals surface area contributed by atoms with Crippen molar-refractivity contribution in [2.75, 3.05) is 12.3 Å². The minimum atomic E-state index is -0.424. The van der Waals surface area contributed by atoms with Crippen LogP contribution in [0.3, 0.4) is 0 Å². The van der Waals surface area contributed by atoms with E-state index in [-0.39, 0.29) is 18.3 Å². The van der Waals surface area contributed by atoms with E-state index < -0.39 is 5.54 Å². The second-order valence-electron chi connectivity index (χ2n) is 4.74. The van der Waals surface area contributed by atoms with Gasteiger partial charge in [0.05, 0.1) is 5.56 Å². The lowest BCUT2D eigenvalue weighted by Gasteiger charge is -2.19. The van der Waals surface area contributed by atoms with E-state index in [9.17, 15) is 4.79 Å². The first-order chi connectivity index (χ1) is 8.33. The first kappa shape index (κ1) is 18.6. The molecule has 0 aliphatic carbocycles. The van der Waals surface area contributed by atoms with Gasteiger partial charge in [-0.05, 0) is 37.8 Å². The van der Waals surface area contributed by atoms with E-state index in [1.165, 1.54) is 0 Å². The van der Waals surface area contributed by atoms with Crippen molar-refractivity contribution in [1.82, 2.24) is 5.32 Å². The number of halogens is 2. The second-order valence-corrected chi connectivity index (χ2v) is 6.49. The molecule has 108 valence electrons. The molecule has 0 aliphatic heterocycles. The molecule has 0 saturated heterocycles. The van der Waals surface area contributed by atoms with Crippen molar-refractivity contribution in [2.24, 2.45) is 5.73 Å². The Hall–Kier alpha value is -0.420. The van der Waals surface area contributed by atoms with E-state index in [1.54, 1.807) is 23.9 Å². The number of benzene rings is 1. The van der Waals surface area contributed by atoms with Crippen molar-refractivity contribution in [3.8, 4) is 0 Å². The van der Waals surface area contributed by atoms with Crippen LogP contribution in [-0.2, 0) is 0 Å². The molecule has 6 heteroatoms. The highest BCUT2D eigenvalue weighted by Crippen LogP contribution is 2.25. The lowest BCUT2D eigenvalue weighted by atomic mass is 10.1. The lowest BCUT2D eigenvalue weighted by Crippen LogP contribution is -2.45. The molecule has 3 N–H and O–H groups in total. The van der Waals surface area contributed by atoms with Crippen LogP contribution in [0.15, 0.2) is 23.1 Å². The molecule has 0 heterocycles. The number of thioether (sulfide) groups is 1. The Bertz CT molecular complexity index is 433. The minimum absolute atomic E-state index is 0. The largest absolute Gasteiger partial charge is 0.350 e. The Morgan fingerprint density at radius 3 is 2.63 bits per heavy atom. The predicted octanol–water partition coefficient (Wildman–Crippen LogP) is 3.34. The maximum atomic E-state index is 12.1. The highest BCUT2D eigenvalue weighted by atomic mass is 35.5. The van der Waals surface area contributed by atoms with Crippen LogP contribution in [0.1, 0.15) is 31.1 Å². The normalized spacial score (nSPS) is 10.8. The predicted molar refractivity (Wildman–Crippen MR) is 85.7 cm³/mol. The summed E-state index contributed by atoms with van der Waals surface area (Å²) < 4.78 is 0. The molecule has 0 fully saturated rings. The molecule has 0 aliphatic rings. The molecule has 3 nitrogen and oxygen atoms in total. The van der Waals surface area contributed by atoms with Crippen molar-refractivity contribution in [1.29, 1.82) is 0 Å². The maximum Gasteiger partial charge on any atom is 0.252 e. The van der Waals surface area contributed by atoms with Gasteiger partial charge in [-0.15, -0.1) is 24.2 Å². The number of carbonyl (C=O) groups is 1. The molecule has 0 unspecified atom stereocenters. The Kier molecular flexibility index (Phi) is 7.82. The van der Waals surface area contributed by atoms with E-state index in [0.717, 1.165) is 10.6 Å². The standard InChI is InChI=1S/C13H19ClN2OS.ClH/c1-4-18-11-6-5-9(14)7-10(11)12(17)16-8-13(2,3)15;/h5-7H,4,8,15H2,1-3H3,(H,16,17);1H. The molecule has 1 rings (SSSR count). The van der Waals surface area contributed by atoms with E-state index in [1.807, 2.05) is 26.8 Å². The van der Waals surface area contributed by atoms with Gasteiger partial charge < -0.3 is 11.1 Å². The first-order valence-corrected chi connectivity index (χ1v) is 7.19. The van der Waals surface area contributed by atoms with Crippen LogP contribution in [0, 0.1) is 0 Å². The minimum Gasteiger partial charge on any atom is -0.350 e. The molecule has 0 atom stereocenters. The third kappa shape index (κ3) is 6.52. The summed E-state index contributed by atoms with van der Waals surface area (Å²) in [6, 6.07) is 5.36. The van der Waals surface area contributed by atoms with Gasteiger partial charge in [0, 0.05) is 22.0 Å². The van der Waals surface area contributed by atoms with E-state index in [2.05, 4.69) is 5.32 Å². The number of hydrogen-bond acceptors (Lipinski definition) is 3. The van der Waals surface area contributed by atoms with Gasteiger partial charge in [-0.1, -0.05) is 18.5 Å². The number of nitrogens with two attached hydrogens (primary N) is 1. The number of nitrogens with one attached hydrogen (secondary N) is 1. The molecule has 1 aromatic rings. The van der Waals surface area contributed by atoms with Crippen LogP contribution in [0.4, 0.5) is 0 Å². The Balaban J connectivity index is 0.00000324. The summed E-state index contributed by atoms with van der Waals surface area (Å²) in [7, 11) is 0. The van der Waals surface area contributed by atoms with Crippen LogP contribution in [0.25, 0.3) is 0 Å². The van der Waals surface area contributed by atoms with Crippen LogP contribution < -0.4 is 11.1 Å². The van der Waals surface area contributed by atoms with Gasteiger partial charge in [-0.3, -0.25) is 4.79 Å². The molecule has 1 aromatic carbocycles. The van der Waals surface area contributed by atoms with Crippen LogP contribution in [0.2, 0.25) is 5.02 Å². The van der Waals surface area contributed by atoms with Crippen molar-refractivity contribution in [2.45, 2.75) is 31.2 Å². The number of carbonyl (C=O) groups excluding carboxylic acids is 1. The number of rotatable bonds is 5. The zero-order chi connectivity index (χ0) is 13.8. The van der Waals surface area contributed by atoms with Gasteiger partial charge in [0.25, 0.3) is 5.91 Å². The third-order valence-corrected chi connectivity index (χ3v) is 3.38. The van der Waals surface area contributed by atoms with E-state index in [4.69, 9.17) is 17.3 Å². The Labute approximate surface area is 130 Å². The molecule has 0 spiro atoms. The topological polar surface area (TPSA) is 55.1 Å². The van der Waals surface area contributed by atoms with Gasteiger partial charge in [0.15, 0.2) is 0 Å². The van der Waals surface area contributed by atoms with Gasteiger partial charge in [0.1, 0.15) is 0 Å². The highest BCUT2D eigenvalue weighted by Gasteiger charge is 2.16. The van der Waals surface area contributed by atoms with Crippen LogP contribution in [-0.4, -0.2) is 23.7 Å². The smallest absolute Gasteiger partial charge is 0.252 e. The van der Waals surface area contributed by atoms with E-state index in [0.29, 0.717) is 17.1 Å². The molecule has 0 radical (unpaired) electrons. The molecule has 1 amide bonds. The average Bonchev–Trinajstić information content (AvgIpc) is 2.27. The average molecular weight is 323 g/mol. The summed E-state index contributed by atoms with van der Waals surface area (Å²) in [5, 5.41) is 3.39.